The van der Waals surface area contributed by atoms with Crippen molar-refractivity contribution in [2.24, 2.45) is 0 Å². The Morgan fingerprint density at radius 1 is 0.400 bits per heavy atom. The Bertz CT molecular complexity index is 784. The van der Waals surface area contributed by atoms with Crippen LogP contribution in [-0.4, -0.2) is 0 Å². The van der Waals surface area contributed by atoms with E-state index in [9.17, 15) is 0 Å². The highest BCUT2D eigenvalue weighted by molar-refractivity contribution is 7.15. The molecular weight excluding hydrogens is 417 g/mol. The Balaban J connectivity index is 0.00000129. The van der Waals surface area contributed by atoms with Gasteiger partial charge in [0.05, 0.1) is 0 Å². The molecule has 3 heteroatoms. The fourth-order valence-corrected chi connectivity index (χ4v) is 3.60. The van der Waals surface area contributed by atoms with Crippen molar-refractivity contribution in [1.82, 2.24) is 0 Å². The minimum absolute atomic E-state index is 0.992. The summed E-state index contributed by atoms with van der Waals surface area (Å²) in [4.78, 5) is 0. The fraction of sp³-hybridized carbons (Fsp3) is 0.333. The van der Waals surface area contributed by atoms with Gasteiger partial charge in [-0.15, -0.1) is 27.7 Å². The maximum Gasteiger partial charge on any atom is -0.0128 e. The summed E-state index contributed by atoms with van der Waals surface area (Å²) < 4.78 is 0. The summed E-state index contributed by atoms with van der Waals surface area (Å²) in [5.41, 5.74) is 9.20. The van der Waals surface area contributed by atoms with E-state index in [1.165, 1.54) is 38.9 Å². The van der Waals surface area contributed by atoms with Gasteiger partial charge in [0.2, 0.25) is 0 Å². The van der Waals surface area contributed by atoms with Gasteiger partial charge in [-0.05, 0) is 57.4 Å². The zero-order valence-corrected chi connectivity index (χ0v) is 23.2. The van der Waals surface area contributed by atoms with Gasteiger partial charge in [0.25, 0.3) is 0 Å². The molecule has 3 aromatic rings. The van der Waals surface area contributed by atoms with Gasteiger partial charge in [-0.3, -0.25) is 0 Å². The normalized spacial score (nSPS) is 9.23. The molecule has 164 valence electrons. The SMILES string of the molecule is CC.CC.CC.PCc1ccc(-c2ccc(-c3cc(CP)cc(CP)c3)cc2)cc1. The topological polar surface area (TPSA) is 0 Å². The second-order valence-corrected chi connectivity index (χ2v) is 7.15. The van der Waals surface area contributed by atoms with Gasteiger partial charge in [0, 0.05) is 0 Å². The third-order valence-corrected chi connectivity index (χ3v) is 5.68. The van der Waals surface area contributed by atoms with Crippen LogP contribution in [0.4, 0.5) is 0 Å². The third-order valence-electron chi connectivity index (χ3n) is 4.27. The Morgan fingerprint density at radius 3 is 1.03 bits per heavy atom. The molecule has 0 aliphatic heterocycles. The monoisotopic (exact) mass is 458 g/mol. The van der Waals surface area contributed by atoms with Crippen LogP contribution in [0.15, 0.2) is 66.7 Å². The van der Waals surface area contributed by atoms with Crippen LogP contribution in [-0.2, 0) is 18.5 Å². The lowest BCUT2D eigenvalue weighted by atomic mass is 9.97. The number of rotatable bonds is 5. The smallest absolute Gasteiger partial charge is 0.0128 e. The van der Waals surface area contributed by atoms with Gasteiger partial charge >= 0.3 is 0 Å². The molecule has 3 aromatic carbocycles. The van der Waals surface area contributed by atoms with Gasteiger partial charge in [-0.2, -0.15) is 0 Å². The van der Waals surface area contributed by atoms with E-state index in [1.807, 2.05) is 41.5 Å². The van der Waals surface area contributed by atoms with Gasteiger partial charge in [-0.1, -0.05) is 108 Å². The quantitative estimate of drug-likeness (QED) is 0.334. The highest BCUT2D eigenvalue weighted by Gasteiger charge is 2.04. The summed E-state index contributed by atoms with van der Waals surface area (Å²) in [5, 5.41) is 0. The minimum Gasteiger partial charge on any atom is -0.133 e. The first-order chi connectivity index (χ1) is 14.7. The molecule has 0 saturated heterocycles. The molecule has 0 radical (unpaired) electrons. The van der Waals surface area contributed by atoms with Crippen LogP contribution in [0, 0.1) is 0 Å². The van der Waals surface area contributed by atoms with Crippen molar-refractivity contribution in [3.05, 3.63) is 83.4 Å². The van der Waals surface area contributed by atoms with Crippen LogP contribution in [0.3, 0.4) is 0 Å². The molecular formula is C27H41P3. The average Bonchev–Trinajstić information content (AvgIpc) is 2.87. The van der Waals surface area contributed by atoms with Crippen molar-refractivity contribution in [3.8, 4) is 22.3 Å². The Kier molecular flexibility index (Phi) is 17.0. The molecule has 0 bridgehead atoms. The molecule has 0 aliphatic rings. The average molecular weight is 459 g/mol. The number of hydrogen-bond acceptors (Lipinski definition) is 0. The third kappa shape index (κ3) is 8.98. The molecule has 3 atom stereocenters. The van der Waals surface area contributed by atoms with Crippen LogP contribution in [0.5, 0.6) is 0 Å². The zero-order chi connectivity index (χ0) is 22.9. The van der Waals surface area contributed by atoms with Crippen molar-refractivity contribution < 1.29 is 0 Å². The second kappa shape index (κ2) is 17.6. The first kappa shape index (κ1) is 28.9. The predicted molar refractivity (Wildman–Crippen MR) is 152 cm³/mol. The lowest BCUT2D eigenvalue weighted by Crippen LogP contribution is -1.87. The van der Waals surface area contributed by atoms with Crippen molar-refractivity contribution >= 4 is 27.7 Å². The molecule has 30 heavy (non-hydrogen) atoms. The van der Waals surface area contributed by atoms with E-state index in [-0.39, 0.29) is 0 Å². The molecule has 0 saturated carbocycles. The molecule has 0 N–H and O–H groups in total. The van der Waals surface area contributed by atoms with Crippen LogP contribution in [0.25, 0.3) is 22.3 Å². The number of benzene rings is 3. The summed E-state index contributed by atoms with van der Waals surface area (Å²) in [6, 6.07) is 24.6. The largest absolute Gasteiger partial charge is 0.133 e. The molecule has 0 aliphatic carbocycles. The Morgan fingerprint density at radius 2 is 0.700 bits per heavy atom. The molecule has 0 amide bonds. The van der Waals surface area contributed by atoms with Gasteiger partial charge in [0.1, 0.15) is 0 Å². The molecule has 0 aromatic heterocycles. The van der Waals surface area contributed by atoms with Crippen LogP contribution in [0.2, 0.25) is 0 Å². The van der Waals surface area contributed by atoms with Gasteiger partial charge in [-0.25, -0.2) is 0 Å². The summed E-state index contributed by atoms with van der Waals surface area (Å²) in [5.74, 6) is 0. The molecule has 0 spiro atoms. The molecule has 0 heterocycles. The van der Waals surface area contributed by atoms with E-state index in [0.717, 1.165) is 18.5 Å². The zero-order valence-electron chi connectivity index (χ0n) is 19.7. The van der Waals surface area contributed by atoms with Gasteiger partial charge < -0.3 is 0 Å². The highest BCUT2D eigenvalue weighted by Crippen LogP contribution is 2.28. The second-order valence-electron chi connectivity index (χ2n) is 5.92. The standard InChI is InChI=1S/C21H23P3.3C2H6/c22-12-15-1-3-18(4-2-15)19-5-7-20(8-6-19)21-10-16(13-23)9-17(11-21)14-24;3*1-2/h1-11H,12-14,22-24H2;3*1-2H3. The van der Waals surface area contributed by atoms with Crippen LogP contribution < -0.4 is 0 Å². The summed E-state index contributed by atoms with van der Waals surface area (Å²) in [7, 11) is 8.41. The minimum atomic E-state index is 0.992. The molecule has 0 fully saturated rings. The van der Waals surface area contributed by atoms with E-state index >= 15 is 0 Å². The predicted octanol–water partition coefficient (Wildman–Crippen LogP) is 9.22. The summed E-state index contributed by atoms with van der Waals surface area (Å²) in [6.45, 7) is 12.0. The van der Waals surface area contributed by atoms with E-state index in [1.54, 1.807) is 0 Å². The molecule has 3 rings (SSSR count). The summed E-state index contributed by atoms with van der Waals surface area (Å²) >= 11 is 0. The van der Waals surface area contributed by atoms with Crippen molar-refractivity contribution in [2.45, 2.75) is 60.0 Å². The first-order valence-corrected chi connectivity index (χ1v) is 13.6. The van der Waals surface area contributed by atoms with E-state index in [0.29, 0.717) is 0 Å². The van der Waals surface area contributed by atoms with Crippen LogP contribution >= 0.6 is 27.7 Å². The lowest BCUT2D eigenvalue weighted by molar-refractivity contribution is 1.33. The maximum absolute atomic E-state index is 2.82. The van der Waals surface area contributed by atoms with Crippen LogP contribution in [0.1, 0.15) is 58.2 Å². The van der Waals surface area contributed by atoms with E-state index in [4.69, 9.17) is 0 Å². The molecule has 3 unspecified atom stereocenters. The van der Waals surface area contributed by atoms with Gasteiger partial charge in [0.15, 0.2) is 0 Å². The Labute approximate surface area is 193 Å². The highest BCUT2D eigenvalue weighted by atomic mass is 31.0. The van der Waals surface area contributed by atoms with E-state index < -0.39 is 0 Å². The first-order valence-electron chi connectivity index (χ1n) is 11.2. The maximum atomic E-state index is 2.82. The van der Waals surface area contributed by atoms with Crippen molar-refractivity contribution in [1.29, 1.82) is 0 Å². The van der Waals surface area contributed by atoms with E-state index in [2.05, 4.69) is 94.4 Å². The molecule has 0 nitrogen and oxygen atoms in total. The Hall–Kier alpha value is -1.05. The number of hydrogen-bond donors (Lipinski definition) is 0. The van der Waals surface area contributed by atoms with Crippen molar-refractivity contribution in [3.63, 3.8) is 0 Å². The lowest BCUT2D eigenvalue weighted by Gasteiger charge is -2.09. The fourth-order valence-electron chi connectivity index (χ4n) is 2.85. The summed E-state index contributed by atoms with van der Waals surface area (Å²) in [6.07, 6.45) is 2.99. The van der Waals surface area contributed by atoms with Crippen molar-refractivity contribution in [2.75, 3.05) is 0 Å².